The Bertz CT molecular complexity index is 671. The van der Waals surface area contributed by atoms with E-state index in [1.165, 1.54) is 10.6 Å². The zero-order chi connectivity index (χ0) is 12.4. The first-order valence-corrected chi connectivity index (χ1v) is 5.42. The van der Waals surface area contributed by atoms with Crippen molar-refractivity contribution in [3.05, 3.63) is 57.2 Å². The summed E-state index contributed by atoms with van der Waals surface area (Å²) in [7, 11) is 1.61. The van der Waals surface area contributed by atoms with Crippen LogP contribution in [0.4, 0.5) is 5.69 Å². The molecule has 1 heterocycles. The lowest BCUT2D eigenvalue weighted by atomic mass is 10.3. The minimum absolute atomic E-state index is 0.158. The molecule has 0 aliphatic heterocycles. The predicted octanol–water partition coefficient (Wildman–Crippen LogP) is 2.17. The zero-order valence-corrected chi connectivity index (χ0v) is 10.2. The number of hydrogen-bond acceptors (Lipinski definition) is 3. The first kappa shape index (κ1) is 11.7. The monoisotopic (exact) mass is 250 g/mol. The van der Waals surface area contributed by atoms with Crippen LogP contribution in [-0.4, -0.2) is 4.57 Å². The molecule has 0 unspecified atom stereocenters. The average Bonchev–Trinajstić information content (AvgIpc) is 2.25. The molecule has 4 nitrogen and oxygen atoms in total. The fourth-order valence-corrected chi connectivity index (χ4v) is 1.55. The quantitative estimate of drug-likeness (QED) is 0.779. The van der Waals surface area contributed by atoms with Gasteiger partial charge in [0.05, 0.1) is 5.69 Å². The number of rotatable bonds is 1. The van der Waals surface area contributed by atoms with Crippen molar-refractivity contribution in [3.8, 4) is 0 Å². The van der Waals surface area contributed by atoms with E-state index >= 15 is 0 Å². The van der Waals surface area contributed by atoms with Crippen molar-refractivity contribution >= 4 is 17.3 Å². The molecule has 17 heavy (non-hydrogen) atoms. The highest BCUT2D eigenvalue weighted by molar-refractivity contribution is 6.30. The lowest BCUT2D eigenvalue weighted by molar-refractivity contribution is 0.404. The van der Waals surface area contributed by atoms with Crippen molar-refractivity contribution in [3.63, 3.8) is 0 Å². The number of nitrogens with zero attached hydrogens (tertiary/aromatic N) is 2. The van der Waals surface area contributed by atoms with Gasteiger partial charge in [-0.05, 0) is 25.1 Å². The standard InChI is InChI=1S/C12H11ClN2O2/c1-8-6-11(16)15(2)12(17-8)14-10-5-3-4-9(13)7-10/h3-7H,1-2H3. The molecule has 2 aromatic rings. The second kappa shape index (κ2) is 4.59. The number of aromatic nitrogens is 1. The third kappa shape index (κ3) is 2.65. The summed E-state index contributed by atoms with van der Waals surface area (Å²) in [5, 5.41) is 0.587. The van der Waals surface area contributed by atoms with E-state index < -0.39 is 0 Å². The first-order valence-electron chi connectivity index (χ1n) is 5.04. The number of hydrogen-bond donors (Lipinski definition) is 0. The Labute approximate surface area is 103 Å². The summed E-state index contributed by atoms with van der Waals surface area (Å²) in [6.45, 7) is 1.71. The van der Waals surface area contributed by atoms with Crippen LogP contribution in [0.25, 0.3) is 0 Å². The van der Waals surface area contributed by atoms with Crippen LogP contribution in [0.2, 0.25) is 5.02 Å². The van der Waals surface area contributed by atoms with Crippen LogP contribution in [0.15, 0.2) is 44.5 Å². The number of halogens is 1. The molecule has 0 bridgehead atoms. The molecular formula is C12H11ClN2O2. The highest BCUT2D eigenvalue weighted by Crippen LogP contribution is 2.16. The van der Waals surface area contributed by atoms with E-state index in [0.29, 0.717) is 16.5 Å². The molecule has 0 spiro atoms. The van der Waals surface area contributed by atoms with Crippen molar-refractivity contribution in [1.29, 1.82) is 0 Å². The average molecular weight is 251 g/mol. The lowest BCUT2D eigenvalue weighted by Crippen LogP contribution is -2.30. The van der Waals surface area contributed by atoms with Gasteiger partial charge in [0.25, 0.3) is 5.56 Å². The van der Waals surface area contributed by atoms with Crippen molar-refractivity contribution < 1.29 is 4.42 Å². The molecule has 88 valence electrons. The van der Waals surface area contributed by atoms with Crippen LogP contribution in [-0.2, 0) is 7.05 Å². The molecule has 1 aromatic carbocycles. The molecule has 0 saturated carbocycles. The molecule has 0 fully saturated rings. The highest BCUT2D eigenvalue weighted by Gasteiger charge is 1.99. The van der Waals surface area contributed by atoms with Crippen LogP contribution >= 0.6 is 11.6 Å². The van der Waals surface area contributed by atoms with Gasteiger partial charge in [0, 0.05) is 18.1 Å². The van der Waals surface area contributed by atoms with Gasteiger partial charge in [-0.15, -0.1) is 0 Å². The summed E-state index contributed by atoms with van der Waals surface area (Å²) >= 11 is 5.85. The molecule has 0 atom stereocenters. The number of benzene rings is 1. The van der Waals surface area contributed by atoms with E-state index in [-0.39, 0.29) is 11.2 Å². The van der Waals surface area contributed by atoms with Gasteiger partial charge in [0.1, 0.15) is 5.76 Å². The van der Waals surface area contributed by atoms with Gasteiger partial charge in [0.2, 0.25) is 0 Å². The largest absolute Gasteiger partial charge is 0.430 e. The fourth-order valence-electron chi connectivity index (χ4n) is 1.36. The van der Waals surface area contributed by atoms with Crippen LogP contribution in [0, 0.1) is 6.92 Å². The summed E-state index contributed by atoms with van der Waals surface area (Å²) in [6.07, 6.45) is 0. The van der Waals surface area contributed by atoms with E-state index in [1.807, 2.05) is 0 Å². The summed E-state index contributed by atoms with van der Waals surface area (Å²) < 4.78 is 6.73. The van der Waals surface area contributed by atoms with Crippen LogP contribution in [0.5, 0.6) is 0 Å². The van der Waals surface area contributed by atoms with Gasteiger partial charge in [-0.1, -0.05) is 17.7 Å². The molecule has 0 aliphatic rings. The normalized spacial score (nSPS) is 11.8. The Kier molecular flexibility index (Phi) is 3.15. The third-order valence-electron chi connectivity index (χ3n) is 2.23. The molecule has 5 heteroatoms. The minimum atomic E-state index is -0.158. The van der Waals surface area contributed by atoms with E-state index in [2.05, 4.69) is 4.99 Å². The van der Waals surface area contributed by atoms with Gasteiger partial charge in [0.15, 0.2) is 0 Å². The molecule has 0 saturated heterocycles. The summed E-state index contributed by atoms with van der Waals surface area (Å²) in [5.74, 6) is 0.522. The predicted molar refractivity (Wildman–Crippen MR) is 65.4 cm³/mol. The molecular weight excluding hydrogens is 240 g/mol. The smallest absolute Gasteiger partial charge is 0.304 e. The van der Waals surface area contributed by atoms with Crippen molar-refractivity contribution in [2.75, 3.05) is 0 Å². The zero-order valence-electron chi connectivity index (χ0n) is 9.48. The molecule has 2 rings (SSSR count). The Morgan fingerprint density at radius 3 is 2.82 bits per heavy atom. The van der Waals surface area contributed by atoms with Gasteiger partial charge >= 0.3 is 5.68 Å². The molecule has 0 amide bonds. The van der Waals surface area contributed by atoms with Gasteiger partial charge in [-0.3, -0.25) is 9.36 Å². The maximum absolute atomic E-state index is 11.5. The summed E-state index contributed by atoms with van der Waals surface area (Å²) in [6, 6.07) is 8.44. The first-order chi connectivity index (χ1) is 8.06. The Morgan fingerprint density at radius 2 is 2.12 bits per heavy atom. The van der Waals surface area contributed by atoms with E-state index in [9.17, 15) is 4.79 Å². The summed E-state index contributed by atoms with van der Waals surface area (Å²) in [5.41, 5.74) is 0.730. The minimum Gasteiger partial charge on any atom is -0.430 e. The third-order valence-corrected chi connectivity index (χ3v) is 2.46. The van der Waals surface area contributed by atoms with Crippen molar-refractivity contribution in [2.45, 2.75) is 6.92 Å². The Balaban J connectivity index is 2.65. The second-order valence-corrected chi connectivity index (χ2v) is 4.06. The topological polar surface area (TPSA) is 47.5 Å². The van der Waals surface area contributed by atoms with Gasteiger partial charge in [-0.25, -0.2) is 0 Å². The van der Waals surface area contributed by atoms with Gasteiger partial charge < -0.3 is 4.42 Å². The SMILES string of the molecule is Cc1cc(=O)n(C)c(=Nc2cccc(Cl)c2)o1. The van der Waals surface area contributed by atoms with E-state index in [4.69, 9.17) is 16.0 Å². The molecule has 0 aliphatic carbocycles. The highest BCUT2D eigenvalue weighted by atomic mass is 35.5. The molecule has 0 N–H and O–H groups in total. The fraction of sp³-hybridized carbons (Fsp3) is 0.167. The van der Waals surface area contributed by atoms with Gasteiger partial charge in [-0.2, -0.15) is 4.99 Å². The van der Waals surface area contributed by atoms with Crippen LogP contribution < -0.4 is 11.2 Å². The van der Waals surface area contributed by atoms with E-state index in [0.717, 1.165) is 0 Å². The molecule has 1 aromatic heterocycles. The second-order valence-electron chi connectivity index (χ2n) is 3.63. The van der Waals surface area contributed by atoms with Crippen LogP contribution in [0.3, 0.4) is 0 Å². The Hall–Kier alpha value is -1.81. The molecule has 0 radical (unpaired) electrons. The number of aryl methyl sites for hydroxylation is 1. The van der Waals surface area contributed by atoms with Crippen molar-refractivity contribution in [2.24, 2.45) is 12.0 Å². The maximum Gasteiger partial charge on any atom is 0.304 e. The lowest BCUT2D eigenvalue weighted by Gasteiger charge is -1.99. The van der Waals surface area contributed by atoms with Crippen molar-refractivity contribution in [1.82, 2.24) is 4.57 Å². The van der Waals surface area contributed by atoms with Crippen LogP contribution in [0.1, 0.15) is 5.76 Å². The summed E-state index contributed by atoms with van der Waals surface area (Å²) in [4.78, 5) is 15.8. The van der Waals surface area contributed by atoms with E-state index in [1.54, 1.807) is 38.2 Å². The maximum atomic E-state index is 11.5. The Morgan fingerprint density at radius 1 is 1.35 bits per heavy atom.